The largest absolute Gasteiger partial charge is 0.472 e. The van der Waals surface area contributed by atoms with Gasteiger partial charge in [-0.3, -0.25) is 15.0 Å². The Morgan fingerprint density at radius 1 is 1.02 bits per heavy atom. The summed E-state index contributed by atoms with van der Waals surface area (Å²) in [5.74, 6) is 4.45. The molecule has 3 fully saturated rings. The number of carbonyl (C=O) groups excluding carboxylic acids is 2. The summed E-state index contributed by atoms with van der Waals surface area (Å²) in [4.78, 5) is 34.8. The summed E-state index contributed by atoms with van der Waals surface area (Å²) >= 11 is 13.4. The van der Waals surface area contributed by atoms with Crippen LogP contribution in [-0.2, 0) is 11.3 Å². The second-order valence-corrected chi connectivity index (χ2v) is 13.6. The van der Waals surface area contributed by atoms with Gasteiger partial charge in [0.25, 0.3) is 11.8 Å². The molecule has 2 bridgehead atoms. The maximum Gasteiger partial charge on any atom is 0.267 e. The fourth-order valence-corrected chi connectivity index (χ4v) is 8.13. The Labute approximate surface area is 283 Å². The number of nitrogens with one attached hydrogen (secondary N) is 1. The number of anilines is 2. The van der Waals surface area contributed by atoms with Gasteiger partial charge in [-0.2, -0.15) is 0 Å². The summed E-state index contributed by atoms with van der Waals surface area (Å²) in [6.45, 7) is 6.00. The normalized spacial score (nSPS) is 22.6. The van der Waals surface area contributed by atoms with Crippen molar-refractivity contribution in [1.29, 1.82) is 0 Å². The third-order valence-corrected chi connectivity index (χ3v) is 10.4. The van der Waals surface area contributed by atoms with Crippen molar-refractivity contribution in [1.82, 2.24) is 15.2 Å². The number of morpholine rings is 1. The molecule has 2 unspecified atom stereocenters. The number of hydrazine groups is 1. The van der Waals surface area contributed by atoms with Crippen LogP contribution in [0.4, 0.5) is 15.8 Å². The zero-order valence-corrected chi connectivity index (χ0v) is 27.8. The van der Waals surface area contributed by atoms with Gasteiger partial charge < -0.3 is 29.1 Å². The highest BCUT2D eigenvalue weighted by atomic mass is 35.5. The van der Waals surface area contributed by atoms with Gasteiger partial charge in [0.05, 0.1) is 58.7 Å². The van der Waals surface area contributed by atoms with E-state index in [1.807, 2.05) is 6.07 Å². The van der Waals surface area contributed by atoms with E-state index in [0.717, 1.165) is 38.2 Å². The summed E-state index contributed by atoms with van der Waals surface area (Å²) < 4.78 is 27.8. The molecule has 0 saturated carbocycles. The molecule has 3 aromatic rings. The van der Waals surface area contributed by atoms with Gasteiger partial charge in [-0.05, 0) is 51.1 Å². The number of amides is 2. The average molecular weight is 684 g/mol. The molecule has 0 radical (unpaired) electrons. The number of rotatable bonds is 5. The zero-order chi connectivity index (χ0) is 33.0. The second-order valence-electron chi connectivity index (χ2n) is 12.8. The van der Waals surface area contributed by atoms with Crippen LogP contribution in [0.3, 0.4) is 0 Å². The maximum absolute atomic E-state index is 15.9. The molecule has 0 aliphatic carbocycles. The van der Waals surface area contributed by atoms with E-state index in [2.05, 4.69) is 34.1 Å². The van der Waals surface area contributed by atoms with Gasteiger partial charge in [0.15, 0.2) is 6.73 Å². The number of carbonyl (C=O) groups is 2. The van der Waals surface area contributed by atoms with Gasteiger partial charge in [-0.1, -0.05) is 41.4 Å². The number of halogens is 3. The molecule has 47 heavy (non-hydrogen) atoms. The Morgan fingerprint density at radius 2 is 1.74 bits per heavy atom. The third-order valence-electron chi connectivity index (χ3n) is 9.78. The standard InChI is InChI=1S/C34H37Cl2FN6O4/c1-19-14-40(2)8-9-42(19)23-10-27(35)31(28(36)11-23)34(45)41-15-20-4-3-5-24(32(20)47-18-41)25-13-30(26(12-29(25)37)33(44)39-38)43-21-6-7-22(43)17-46-16-21/h3-5,10-13,19,21-22H,6-9,14-18,38H2,1-2H3,(H,39,44)/t19-,21?,22?/m1/s1. The van der Waals surface area contributed by atoms with E-state index >= 15 is 4.39 Å². The number of piperazine rings is 1. The first-order valence-corrected chi connectivity index (χ1v) is 16.6. The van der Waals surface area contributed by atoms with Gasteiger partial charge in [0.2, 0.25) is 0 Å². The van der Waals surface area contributed by atoms with Crippen molar-refractivity contribution >= 4 is 46.4 Å². The number of hydrogen-bond donors (Lipinski definition) is 2. The summed E-state index contributed by atoms with van der Waals surface area (Å²) in [6, 6.07) is 12.4. The highest BCUT2D eigenvalue weighted by Crippen LogP contribution is 2.43. The Balaban J connectivity index is 1.18. The van der Waals surface area contributed by atoms with E-state index in [-0.39, 0.29) is 64.0 Å². The molecule has 3 saturated heterocycles. The van der Waals surface area contributed by atoms with E-state index in [9.17, 15) is 9.59 Å². The fourth-order valence-electron chi connectivity index (χ4n) is 7.49. The minimum Gasteiger partial charge on any atom is -0.472 e. The number of ether oxygens (including phenoxy) is 2. The lowest BCUT2D eigenvalue weighted by Crippen LogP contribution is -2.50. The summed E-state index contributed by atoms with van der Waals surface area (Å²) in [5.41, 5.74) is 5.53. The zero-order valence-electron chi connectivity index (χ0n) is 26.3. The van der Waals surface area contributed by atoms with Crippen LogP contribution in [0.2, 0.25) is 10.0 Å². The SMILES string of the molecule is C[C@@H]1CN(C)CCN1c1cc(Cl)c(C(=O)N2COc3c(cccc3-c3cc(N4C5CCC4COC5)c(C(=O)NN)cc3F)C2)c(Cl)c1. The molecule has 3 aromatic carbocycles. The van der Waals surface area contributed by atoms with Crippen LogP contribution in [0.1, 0.15) is 46.0 Å². The number of nitrogens with two attached hydrogens (primary N) is 1. The number of nitrogen functional groups attached to an aromatic ring is 1. The Kier molecular flexibility index (Phi) is 8.69. The molecule has 13 heteroatoms. The first-order valence-electron chi connectivity index (χ1n) is 15.8. The number of fused-ring (bicyclic) bond motifs is 3. The third kappa shape index (κ3) is 5.78. The van der Waals surface area contributed by atoms with Gasteiger partial charge in [0.1, 0.15) is 11.6 Å². The van der Waals surface area contributed by atoms with Crippen molar-refractivity contribution in [3.05, 3.63) is 75.0 Å². The first-order chi connectivity index (χ1) is 22.6. The molecule has 10 nitrogen and oxygen atoms in total. The Hall–Kier alpha value is -3.61. The van der Waals surface area contributed by atoms with E-state index in [4.69, 9.17) is 38.5 Å². The molecular formula is C34H37Cl2FN6O4. The van der Waals surface area contributed by atoms with Crippen LogP contribution < -0.4 is 25.8 Å². The Bertz CT molecular complexity index is 1700. The molecule has 4 aliphatic heterocycles. The first kappa shape index (κ1) is 32.0. The molecule has 2 amide bonds. The maximum atomic E-state index is 15.9. The minimum atomic E-state index is -0.586. The smallest absolute Gasteiger partial charge is 0.267 e. The lowest BCUT2D eigenvalue weighted by Gasteiger charge is -2.40. The molecule has 3 N–H and O–H groups in total. The van der Waals surface area contributed by atoms with E-state index < -0.39 is 11.7 Å². The van der Waals surface area contributed by atoms with Crippen LogP contribution in [0, 0.1) is 5.82 Å². The number of likely N-dealkylation sites (N-methyl/N-ethyl adjacent to an activating group) is 1. The molecule has 0 aromatic heterocycles. The monoisotopic (exact) mass is 682 g/mol. The predicted molar refractivity (Wildman–Crippen MR) is 180 cm³/mol. The Morgan fingerprint density at radius 3 is 2.43 bits per heavy atom. The van der Waals surface area contributed by atoms with Crippen LogP contribution in [-0.4, -0.2) is 86.4 Å². The van der Waals surface area contributed by atoms with Crippen LogP contribution in [0.25, 0.3) is 11.1 Å². The quantitative estimate of drug-likeness (QED) is 0.223. The molecule has 3 atom stereocenters. The highest BCUT2D eigenvalue weighted by Gasteiger charge is 2.40. The lowest BCUT2D eigenvalue weighted by atomic mass is 9.96. The van der Waals surface area contributed by atoms with Crippen LogP contribution in [0.15, 0.2) is 42.5 Å². The van der Waals surface area contributed by atoms with Crippen molar-refractivity contribution < 1.29 is 23.5 Å². The lowest BCUT2D eigenvalue weighted by molar-refractivity contribution is 0.0516. The van der Waals surface area contributed by atoms with Crippen molar-refractivity contribution in [2.45, 2.75) is 44.4 Å². The summed E-state index contributed by atoms with van der Waals surface area (Å²) in [5, 5.41) is 0.549. The van der Waals surface area contributed by atoms with E-state index in [0.29, 0.717) is 35.8 Å². The van der Waals surface area contributed by atoms with Crippen molar-refractivity contribution in [3.63, 3.8) is 0 Å². The number of benzene rings is 3. The molecule has 7 rings (SSSR count). The van der Waals surface area contributed by atoms with E-state index in [1.54, 1.807) is 30.3 Å². The number of hydrogen-bond acceptors (Lipinski definition) is 8. The van der Waals surface area contributed by atoms with Gasteiger partial charge in [-0.15, -0.1) is 0 Å². The van der Waals surface area contributed by atoms with Gasteiger partial charge in [-0.25, -0.2) is 10.2 Å². The summed E-state index contributed by atoms with van der Waals surface area (Å²) in [7, 11) is 2.10. The number of nitrogens with zero attached hydrogens (tertiary/aromatic N) is 4. The molecule has 248 valence electrons. The highest BCUT2D eigenvalue weighted by molar-refractivity contribution is 6.40. The molecule has 0 spiro atoms. The van der Waals surface area contributed by atoms with Crippen molar-refractivity contribution in [2.24, 2.45) is 5.84 Å². The van der Waals surface area contributed by atoms with Crippen LogP contribution >= 0.6 is 23.2 Å². The van der Waals surface area contributed by atoms with Crippen molar-refractivity contribution in [2.75, 3.05) is 56.4 Å². The average Bonchev–Trinajstić information content (AvgIpc) is 3.30. The van der Waals surface area contributed by atoms with Crippen molar-refractivity contribution in [3.8, 4) is 16.9 Å². The molecule has 4 heterocycles. The second kappa shape index (κ2) is 12.8. The fraction of sp³-hybridized carbons (Fsp3) is 0.412. The predicted octanol–water partition coefficient (Wildman–Crippen LogP) is 4.90. The van der Waals surface area contributed by atoms with Gasteiger partial charge in [0, 0.05) is 48.1 Å². The molecular weight excluding hydrogens is 646 g/mol. The van der Waals surface area contributed by atoms with E-state index in [1.165, 1.54) is 11.0 Å². The molecule has 4 aliphatic rings. The van der Waals surface area contributed by atoms with Gasteiger partial charge >= 0.3 is 0 Å². The topological polar surface area (TPSA) is 104 Å². The summed E-state index contributed by atoms with van der Waals surface area (Å²) in [6.07, 6.45) is 1.83. The van der Waals surface area contributed by atoms with Crippen LogP contribution in [0.5, 0.6) is 5.75 Å². The minimum absolute atomic E-state index is 0.0783. The number of para-hydroxylation sites is 1.